The molecule has 2 heterocycles. The number of hydrogen-bond donors (Lipinski definition) is 1. The average molecular weight is 268 g/mol. The van der Waals surface area contributed by atoms with Crippen molar-refractivity contribution in [2.45, 2.75) is 96.9 Å². The van der Waals surface area contributed by atoms with Gasteiger partial charge in [0.2, 0.25) is 0 Å². The van der Waals surface area contributed by atoms with Gasteiger partial charge in [0.1, 0.15) is 0 Å². The van der Waals surface area contributed by atoms with Crippen LogP contribution in [0.25, 0.3) is 0 Å². The van der Waals surface area contributed by atoms with Crippen molar-refractivity contribution in [1.29, 1.82) is 0 Å². The van der Waals surface area contributed by atoms with E-state index >= 15 is 0 Å². The highest BCUT2D eigenvalue weighted by Crippen LogP contribution is 2.36. The summed E-state index contributed by atoms with van der Waals surface area (Å²) in [6, 6.07) is 0. The van der Waals surface area contributed by atoms with Crippen molar-refractivity contribution in [3.05, 3.63) is 0 Å². The Kier molecular flexibility index (Phi) is 3.41. The second-order valence-electron chi connectivity index (χ2n) is 8.62. The molecule has 1 N–H and O–H groups in total. The molecule has 0 aromatic heterocycles. The molecule has 0 aromatic carbocycles. The lowest BCUT2D eigenvalue weighted by Crippen LogP contribution is -3.31. The van der Waals surface area contributed by atoms with Gasteiger partial charge in [0.05, 0.1) is 22.3 Å². The minimum atomic E-state index is -0.242. The van der Waals surface area contributed by atoms with Gasteiger partial charge < -0.3 is 14.1 Å². The molecule has 0 aromatic rings. The third-order valence-corrected chi connectivity index (χ3v) is 5.55. The normalized spacial score (nSPS) is 32.5. The Labute approximate surface area is 119 Å². The van der Waals surface area contributed by atoms with Gasteiger partial charge in [0, 0.05) is 12.8 Å². The molecule has 0 bridgehead atoms. The van der Waals surface area contributed by atoms with Crippen LogP contribution in [0.15, 0.2) is 0 Å². The SMILES string of the molecule is CC1(C)CCCC(C)(C)[NH+]1B1OC(C)(C)C(C)(C)O1. The molecule has 19 heavy (non-hydrogen) atoms. The monoisotopic (exact) mass is 268 g/mol. The lowest BCUT2D eigenvalue weighted by molar-refractivity contribution is -0.917. The smallest absolute Gasteiger partial charge is 0.346 e. The Bertz CT molecular complexity index is 331. The molecule has 0 aliphatic carbocycles. The number of piperidine rings is 1. The Hall–Kier alpha value is -0.0551. The van der Waals surface area contributed by atoms with E-state index in [1.54, 1.807) is 0 Å². The van der Waals surface area contributed by atoms with Gasteiger partial charge >= 0.3 is 7.25 Å². The number of nitrogens with one attached hydrogen (secondary N) is 1. The third kappa shape index (κ3) is 2.47. The zero-order valence-electron chi connectivity index (χ0n) is 14.0. The highest BCUT2D eigenvalue weighted by molar-refractivity contribution is 6.35. The zero-order valence-corrected chi connectivity index (χ0v) is 14.0. The van der Waals surface area contributed by atoms with Gasteiger partial charge in [0.25, 0.3) is 0 Å². The van der Waals surface area contributed by atoms with Gasteiger partial charge in [0.15, 0.2) is 0 Å². The van der Waals surface area contributed by atoms with Crippen molar-refractivity contribution in [2.24, 2.45) is 0 Å². The molecule has 4 heteroatoms. The molecule has 0 amide bonds. The second kappa shape index (κ2) is 4.22. The fourth-order valence-electron chi connectivity index (χ4n) is 3.76. The van der Waals surface area contributed by atoms with Crippen LogP contribution in [0.3, 0.4) is 0 Å². The van der Waals surface area contributed by atoms with Crippen molar-refractivity contribution < 1.29 is 14.1 Å². The Morgan fingerprint density at radius 3 is 1.47 bits per heavy atom. The Morgan fingerprint density at radius 1 is 0.737 bits per heavy atom. The van der Waals surface area contributed by atoms with Gasteiger partial charge in [-0.25, -0.2) is 0 Å². The van der Waals surface area contributed by atoms with Gasteiger partial charge in [-0.2, -0.15) is 0 Å². The van der Waals surface area contributed by atoms with E-state index in [0.717, 1.165) is 0 Å². The highest BCUT2D eigenvalue weighted by atomic mass is 16.7. The van der Waals surface area contributed by atoms with Crippen LogP contribution in [0.2, 0.25) is 0 Å². The first-order valence-corrected chi connectivity index (χ1v) is 7.63. The van der Waals surface area contributed by atoms with E-state index in [2.05, 4.69) is 55.4 Å². The zero-order chi connectivity index (χ0) is 14.7. The maximum absolute atomic E-state index is 6.32. The van der Waals surface area contributed by atoms with E-state index in [0.29, 0.717) is 0 Å². The lowest BCUT2D eigenvalue weighted by Gasteiger charge is -2.50. The summed E-state index contributed by atoms with van der Waals surface area (Å²) in [6.45, 7) is 17.9. The molecule has 2 aliphatic heterocycles. The summed E-state index contributed by atoms with van der Waals surface area (Å²) in [6.07, 6.45) is 3.76. The molecule has 3 nitrogen and oxygen atoms in total. The van der Waals surface area contributed by atoms with Crippen molar-refractivity contribution >= 4 is 7.25 Å². The van der Waals surface area contributed by atoms with Crippen LogP contribution in [-0.4, -0.2) is 29.5 Å². The number of quaternary nitrogens is 1. The number of rotatable bonds is 1. The predicted molar refractivity (Wildman–Crippen MR) is 79.1 cm³/mol. The van der Waals surface area contributed by atoms with Crippen LogP contribution in [0.5, 0.6) is 0 Å². The van der Waals surface area contributed by atoms with Gasteiger partial charge in [-0.15, -0.1) is 0 Å². The van der Waals surface area contributed by atoms with E-state index in [1.165, 1.54) is 24.1 Å². The van der Waals surface area contributed by atoms with E-state index in [1.807, 2.05) is 0 Å². The van der Waals surface area contributed by atoms with Gasteiger partial charge in [-0.05, 0) is 61.8 Å². The highest BCUT2D eigenvalue weighted by Gasteiger charge is 2.64. The molecule has 110 valence electrons. The van der Waals surface area contributed by atoms with Crippen LogP contribution in [-0.2, 0) is 9.31 Å². The fourth-order valence-corrected chi connectivity index (χ4v) is 3.76. The molecular weight excluding hydrogens is 237 g/mol. The summed E-state index contributed by atoms with van der Waals surface area (Å²) in [5, 5.41) is 0. The molecule has 0 spiro atoms. The molecule has 2 aliphatic rings. The van der Waals surface area contributed by atoms with Crippen molar-refractivity contribution in [3.8, 4) is 0 Å². The molecule has 2 rings (SSSR count). The first-order chi connectivity index (χ1) is 8.39. The summed E-state index contributed by atoms with van der Waals surface area (Å²) in [7, 11) is -0.157. The summed E-state index contributed by atoms with van der Waals surface area (Å²) in [5.41, 5.74) is -0.0889. The van der Waals surface area contributed by atoms with E-state index < -0.39 is 0 Å². The molecular formula is C15H31BNO2+. The van der Waals surface area contributed by atoms with Crippen LogP contribution >= 0.6 is 0 Å². The number of hydrogen-bond acceptors (Lipinski definition) is 2. The van der Waals surface area contributed by atoms with E-state index in [4.69, 9.17) is 9.31 Å². The van der Waals surface area contributed by atoms with Crippen molar-refractivity contribution in [1.82, 2.24) is 0 Å². The Morgan fingerprint density at radius 2 is 1.11 bits per heavy atom. The molecule has 0 unspecified atom stereocenters. The minimum absolute atomic E-state index is 0.157. The quantitative estimate of drug-likeness (QED) is 0.737. The second-order valence-corrected chi connectivity index (χ2v) is 8.62. The molecule has 0 saturated carbocycles. The van der Waals surface area contributed by atoms with Crippen LogP contribution in [0.1, 0.15) is 74.7 Å². The molecule has 0 atom stereocenters. The largest absolute Gasteiger partial charge is 0.759 e. The maximum Gasteiger partial charge on any atom is 0.759 e. The van der Waals surface area contributed by atoms with E-state index in [-0.39, 0.29) is 29.5 Å². The summed E-state index contributed by atoms with van der Waals surface area (Å²) in [4.78, 5) is 1.45. The Balaban J connectivity index is 2.30. The fraction of sp³-hybridized carbons (Fsp3) is 1.00. The van der Waals surface area contributed by atoms with Gasteiger partial charge in [-0.1, -0.05) is 0 Å². The van der Waals surface area contributed by atoms with Crippen molar-refractivity contribution in [2.75, 3.05) is 0 Å². The maximum atomic E-state index is 6.32. The minimum Gasteiger partial charge on any atom is -0.346 e. The van der Waals surface area contributed by atoms with Crippen molar-refractivity contribution in [3.63, 3.8) is 0 Å². The van der Waals surface area contributed by atoms with Crippen LogP contribution in [0, 0.1) is 0 Å². The molecule has 2 saturated heterocycles. The summed E-state index contributed by atoms with van der Waals surface area (Å²) < 4.78 is 12.6. The average Bonchev–Trinajstić information content (AvgIpc) is 2.30. The van der Waals surface area contributed by atoms with Crippen LogP contribution in [0.4, 0.5) is 0 Å². The standard InChI is InChI=1S/C15H30BNO2/c1-12(2)10-9-11-13(3,4)17(12)16-18-14(5,6)15(7,8)19-16/h9-11H2,1-8H3/p+1. The van der Waals surface area contributed by atoms with Crippen LogP contribution < -0.4 is 4.81 Å². The summed E-state index contributed by atoms with van der Waals surface area (Å²) >= 11 is 0. The predicted octanol–water partition coefficient (Wildman–Crippen LogP) is 2.20. The van der Waals surface area contributed by atoms with E-state index in [9.17, 15) is 0 Å². The van der Waals surface area contributed by atoms with Gasteiger partial charge in [-0.3, -0.25) is 0 Å². The first-order valence-electron chi connectivity index (χ1n) is 7.63. The summed E-state index contributed by atoms with van der Waals surface area (Å²) in [5.74, 6) is 0. The third-order valence-electron chi connectivity index (χ3n) is 5.55. The topological polar surface area (TPSA) is 22.9 Å². The first kappa shape index (κ1) is 15.3. The molecule has 2 fully saturated rings. The lowest BCUT2D eigenvalue weighted by atomic mass is 9.73. The molecule has 0 radical (unpaired) electrons.